The molecule has 1 aliphatic rings. The number of ether oxygens (including phenoxy) is 1. The van der Waals surface area contributed by atoms with E-state index in [2.05, 4.69) is 5.10 Å². The van der Waals surface area contributed by atoms with Crippen molar-refractivity contribution in [3.05, 3.63) is 0 Å². The second-order valence-electron chi connectivity index (χ2n) is 2.91. The van der Waals surface area contributed by atoms with Crippen molar-refractivity contribution >= 4 is 21.9 Å². The number of nitrogens with zero attached hydrogens (tertiary/aromatic N) is 2. The van der Waals surface area contributed by atoms with Gasteiger partial charge in [-0.15, -0.1) is 5.10 Å². The first-order valence-electron chi connectivity index (χ1n) is 4.38. The molecule has 0 radical (unpaired) electrons. The van der Waals surface area contributed by atoms with Crippen LogP contribution in [0.2, 0.25) is 0 Å². The van der Waals surface area contributed by atoms with Gasteiger partial charge in [0.25, 0.3) is 16.0 Å². The molecule has 0 fully saturated rings. The van der Waals surface area contributed by atoms with Gasteiger partial charge in [-0.25, -0.2) is 5.01 Å². The smallest absolute Gasteiger partial charge is 0.266 e. The predicted molar refractivity (Wildman–Crippen MR) is 51.8 cm³/mol. The van der Waals surface area contributed by atoms with E-state index in [1.54, 1.807) is 6.92 Å². The van der Waals surface area contributed by atoms with Gasteiger partial charge in [0.05, 0.1) is 18.9 Å². The molecule has 1 amide bonds. The topological polar surface area (TPSA) is 96.3 Å². The maximum atomic E-state index is 11.2. The van der Waals surface area contributed by atoms with E-state index < -0.39 is 15.9 Å². The van der Waals surface area contributed by atoms with Crippen molar-refractivity contribution in [3.8, 4) is 0 Å². The highest BCUT2D eigenvalue weighted by Gasteiger charge is 2.25. The molecule has 0 aromatic heterocycles. The summed E-state index contributed by atoms with van der Waals surface area (Å²) in [5.74, 6) is -0.582. The van der Waals surface area contributed by atoms with Crippen molar-refractivity contribution in [1.82, 2.24) is 5.01 Å². The van der Waals surface area contributed by atoms with Crippen LogP contribution >= 0.6 is 0 Å². The fourth-order valence-electron chi connectivity index (χ4n) is 1.07. The van der Waals surface area contributed by atoms with Crippen LogP contribution in [0.4, 0.5) is 0 Å². The van der Waals surface area contributed by atoms with E-state index in [4.69, 9.17) is 9.29 Å². The third-order valence-corrected chi connectivity index (χ3v) is 2.39. The van der Waals surface area contributed by atoms with E-state index in [0.29, 0.717) is 6.61 Å². The summed E-state index contributed by atoms with van der Waals surface area (Å²) in [6.07, 6.45) is 0.0410. The minimum absolute atomic E-state index is 0.0410. The largest absolute Gasteiger partial charge is 0.480 e. The fraction of sp³-hybridized carbons (Fsp3) is 0.714. The lowest BCUT2D eigenvalue weighted by molar-refractivity contribution is -0.128. The van der Waals surface area contributed by atoms with Crippen LogP contribution in [-0.2, 0) is 19.6 Å². The quantitative estimate of drug-likeness (QED) is 0.661. The second-order valence-corrected chi connectivity index (χ2v) is 4.48. The summed E-state index contributed by atoms with van der Waals surface area (Å²) in [6.45, 7) is 2.00. The molecule has 1 N–H and O–H groups in total. The lowest BCUT2D eigenvalue weighted by Crippen LogP contribution is -2.26. The summed E-state index contributed by atoms with van der Waals surface area (Å²) in [5, 5.41) is 4.75. The van der Waals surface area contributed by atoms with Crippen LogP contribution in [0.25, 0.3) is 0 Å². The first-order chi connectivity index (χ1) is 6.92. The number of hydrogen-bond donors (Lipinski definition) is 1. The van der Waals surface area contributed by atoms with E-state index in [1.165, 1.54) is 0 Å². The molecular formula is C7H12N2O5S. The van der Waals surface area contributed by atoms with Crippen molar-refractivity contribution in [1.29, 1.82) is 0 Å². The van der Waals surface area contributed by atoms with Crippen LogP contribution < -0.4 is 0 Å². The van der Waals surface area contributed by atoms with Gasteiger partial charge in [-0.2, -0.15) is 8.42 Å². The van der Waals surface area contributed by atoms with Crippen molar-refractivity contribution in [2.75, 3.05) is 18.9 Å². The summed E-state index contributed by atoms with van der Waals surface area (Å²) in [6, 6.07) is 0. The molecule has 0 aromatic carbocycles. The van der Waals surface area contributed by atoms with Crippen LogP contribution in [0.5, 0.6) is 0 Å². The number of carbonyl (C=O) groups excluding carboxylic acids is 1. The molecule has 7 nitrogen and oxygen atoms in total. The standard InChI is InChI=1S/C7H12N2O5S/c1-2-14-6-5-7(10)9(8-6)3-4-15(11,12)13/h2-5H2,1H3,(H,11,12,13). The number of hydrazone groups is 1. The summed E-state index contributed by atoms with van der Waals surface area (Å²) in [7, 11) is -4.07. The Hall–Kier alpha value is -1.15. The first-order valence-corrected chi connectivity index (χ1v) is 5.99. The Bertz CT molecular complexity index is 375. The van der Waals surface area contributed by atoms with Crippen molar-refractivity contribution in [3.63, 3.8) is 0 Å². The molecule has 0 bridgehead atoms. The summed E-state index contributed by atoms with van der Waals surface area (Å²) in [5.41, 5.74) is 0. The minimum atomic E-state index is -4.07. The maximum absolute atomic E-state index is 11.2. The number of carbonyl (C=O) groups is 1. The lowest BCUT2D eigenvalue weighted by atomic mass is 10.4. The van der Waals surface area contributed by atoms with Crippen LogP contribution in [-0.4, -0.2) is 48.7 Å². The van der Waals surface area contributed by atoms with Crippen molar-refractivity contribution < 1.29 is 22.5 Å². The molecule has 0 aliphatic carbocycles. The van der Waals surface area contributed by atoms with Gasteiger partial charge in [0.15, 0.2) is 0 Å². The average molecular weight is 236 g/mol. The summed E-state index contributed by atoms with van der Waals surface area (Å²) < 4.78 is 34.4. The zero-order chi connectivity index (χ0) is 11.5. The number of rotatable bonds is 4. The second kappa shape index (κ2) is 4.58. The summed E-state index contributed by atoms with van der Waals surface area (Å²) in [4.78, 5) is 11.2. The molecule has 1 rings (SSSR count). The molecular weight excluding hydrogens is 224 g/mol. The Labute approximate surface area is 87.5 Å². The van der Waals surface area contributed by atoms with E-state index >= 15 is 0 Å². The van der Waals surface area contributed by atoms with E-state index in [0.717, 1.165) is 5.01 Å². The zero-order valence-electron chi connectivity index (χ0n) is 8.21. The van der Waals surface area contributed by atoms with Gasteiger partial charge < -0.3 is 4.74 Å². The molecule has 0 unspecified atom stereocenters. The SMILES string of the molecule is CCOC1=NN(CCS(=O)(=O)O)C(=O)C1. The van der Waals surface area contributed by atoms with Crippen LogP contribution in [0, 0.1) is 0 Å². The molecule has 8 heteroatoms. The average Bonchev–Trinajstić information content (AvgIpc) is 2.42. The van der Waals surface area contributed by atoms with Gasteiger partial charge in [-0.3, -0.25) is 9.35 Å². The van der Waals surface area contributed by atoms with E-state index in [-0.39, 0.29) is 24.8 Å². The van der Waals surface area contributed by atoms with E-state index in [9.17, 15) is 13.2 Å². The highest BCUT2D eigenvalue weighted by atomic mass is 32.2. The molecule has 0 atom stereocenters. The predicted octanol–water partition coefficient (Wildman–Crippen LogP) is -0.544. The normalized spacial score (nSPS) is 16.8. The monoisotopic (exact) mass is 236 g/mol. The Morgan fingerprint density at radius 2 is 2.27 bits per heavy atom. The Balaban J connectivity index is 2.52. The third-order valence-electron chi connectivity index (χ3n) is 1.69. The molecule has 0 aromatic rings. The van der Waals surface area contributed by atoms with E-state index in [1.807, 2.05) is 0 Å². The molecule has 86 valence electrons. The highest BCUT2D eigenvalue weighted by Crippen LogP contribution is 2.08. The molecule has 15 heavy (non-hydrogen) atoms. The summed E-state index contributed by atoms with van der Waals surface area (Å²) >= 11 is 0. The number of hydrogen-bond acceptors (Lipinski definition) is 5. The van der Waals surface area contributed by atoms with Gasteiger partial charge in [-0.1, -0.05) is 0 Å². The third kappa shape index (κ3) is 3.84. The highest BCUT2D eigenvalue weighted by molar-refractivity contribution is 7.85. The fourth-order valence-corrected chi connectivity index (χ4v) is 1.47. The Morgan fingerprint density at radius 3 is 2.80 bits per heavy atom. The first kappa shape index (κ1) is 11.9. The Morgan fingerprint density at radius 1 is 1.60 bits per heavy atom. The van der Waals surface area contributed by atoms with Gasteiger partial charge in [0.1, 0.15) is 6.42 Å². The molecule has 1 heterocycles. The van der Waals surface area contributed by atoms with Crippen LogP contribution in [0.3, 0.4) is 0 Å². The molecule has 0 saturated carbocycles. The zero-order valence-corrected chi connectivity index (χ0v) is 9.03. The van der Waals surface area contributed by atoms with Crippen LogP contribution in [0.1, 0.15) is 13.3 Å². The molecule has 0 saturated heterocycles. The van der Waals surface area contributed by atoms with Crippen molar-refractivity contribution in [2.24, 2.45) is 5.10 Å². The number of amides is 1. The van der Waals surface area contributed by atoms with Gasteiger partial charge in [0, 0.05) is 0 Å². The van der Waals surface area contributed by atoms with Gasteiger partial charge in [0.2, 0.25) is 5.90 Å². The molecule has 0 spiro atoms. The van der Waals surface area contributed by atoms with Crippen molar-refractivity contribution in [2.45, 2.75) is 13.3 Å². The molecule has 1 aliphatic heterocycles. The van der Waals surface area contributed by atoms with Gasteiger partial charge in [-0.05, 0) is 6.92 Å². The maximum Gasteiger partial charge on any atom is 0.266 e. The minimum Gasteiger partial charge on any atom is -0.480 e. The Kier molecular flexibility index (Phi) is 3.64. The lowest BCUT2D eigenvalue weighted by Gasteiger charge is -2.08. The van der Waals surface area contributed by atoms with Gasteiger partial charge >= 0.3 is 0 Å². The van der Waals surface area contributed by atoms with Crippen LogP contribution in [0.15, 0.2) is 5.10 Å².